The lowest BCUT2D eigenvalue weighted by molar-refractivity contribution is -0.140. The number of halogens is 3. The second-order valence-corrected chi connectivity index (χ2v) is 3.54. The van der Waals surface area contributed by atoms with Crippen LogP contribution in [0.2, 0.25) is 0 Å². The van der Waals surface area contributed by atoms with Crippen molar-refractivity contribution < 1.29 is 13.2 Å². The van der Waals surface area contributed by atoms with Crippen LogP contribution in [0.15, 0.2) is 6.20 Å². The number of alkyl halides is 3. The number of rotatable bonds is 5. The van der Waals surface area contributed by atoms with E-state index in [9.17, 15) is 13.2 Å². The van der Waals surface area contributed by atoms with Gasteiger partial charge in [0.1, 0.15) is 0 Å². The fraction of sp³-hybridized carbons (Fsp3) is 0.778. The molecule has 16 heavy (non-hydrogen) atoms. The van der Waals surface area contributed by atoms with Crippen LogP contribution in [0.4, 0.5) is 13.2 Å². The summed E-state index contributed by atoms with van der Waals surface area (Å²) >= 11 is 0. The van der Waals surface area contributed by atoms with Crippen LogP contribution in [0.25, 0.3) is 0 Å². The molecule has 1 rings (SSSR count). The average molecular weight is 236 g/mol. The molecule has 0 aliphatic rings. The summed E-state index contributed by atoms with van der Waals surface area (Å²) in [6, 6.07) is -0.790. The van der Waals surface area contributed by atoms with Crippen molar-refractivity contribution in [3.05, 3.63) is 11.9 Å². The lowest BCUT2D eigenvalue weighted by Gasteiger charge is -2.18. The molecule has 0 saturated carbocycles. The SMILES string of the molecule is CCCn1nncc1C(CC(F)(F)F)NC. The molecule has 0 radical (unpaired) electrons. The van der Waals surface area contributed by atoms with Crippen LogP contribution in [0.3, 0.4) is 0 Å². The predicted molar refractivity (Wildman–Crippen MR) is 52.8 cm³/mol. The standard InChI is InChI=1S/C9H15F3N4/c1-3-4-16-8(6-14-15-16)7(13-2)5-9(10,11)12/h6-7,13H,3-5H2,1-2H3. The minimum atomic E-state index is -4.20. The highest BCUT2D eigenvalue weighted by Gasteiger charge is 2.33. The molecular weight excluding hydrogens is 221 g/mol. The van der Waals surface area contributed by atoms with Crippen molar-refractivity contribution in [1.82, 2.24) is 20.3 Å². The van der Waals surface area contributed by atoms with Gasteiger partial charge in [-0.25, -0.2) is 4.68 Å². The molecule has 0 spiro atoms. The number of nitrogens with zero attached hydrogens (tertiary/aromatic N) is 3. The first-order valence-electron chi connectivity index (χ1n) is 5.10. The van der Waals surface area contributed by atoms with Crippen LogP contribution in [0.1, 0.15) is 31.5 Å². The monoisotopic (exact) mass is 236 g/mol. The van der Waals surface area contributed by atoms with Gasteiger partial charge in [-0.05, 0) is 13.5 Å². The normalized spacial score (nSPS) is 14.1. The quantitative estimate of drug-likeness (QED) is 0.849. The number of aromatic nitrogens is 3. The third-order valence-electron chi connectivity index (χ3n) is 2.22. The molecule has 1 heterocycles. The van der Waals surface area contributed by atoms with Crippen LogP contribution in [0.5, 0.6) is 0 Å². The van der Waals surface area contributed by atoms with Crippen molar-refractivity contribution in [1.29, 1.82) is 0 Å². The van der Waals surface area contributed by atoms with E-state index < -0.39 is 18.6 Å². The lowest BCUT2D eigenvalue weighted by atomic mass is 10.1. The Labute approximate surface area is 91.8 Å². The van der Waals surface area contributed by atoms with E-state index in [0.717, 1.165) is 6.42 Å². The maximum absolute atomic E-state index is 12.3. The molecular formula is C9H15F3N4. The zero-order valence-electron chi connectivity index (χ0n) is 9.25. The first kappa shape index (κ1) is 13.0. The molecule has 0 bridgehead atoms. The summed E-state index contributed by atoms with van der Waals surface area (Å²) in [7, 11) is 1.50. The molecule has 0 amide bonds. The Morgan fingerprint density at radius 3 is 2.69 bits per heavy atom. The first-order chi connectivity index (χ1) is 7.48. The van der Waals surface area contributed by atoms with E-state index in [-0.39, 0.29) is 0 Å². The summed E-state index contributed by atoms with van der Waals surface area (Å²) in [5.41, 5.74) is 0.474. The molecule has 0 aliphatic heterocycles. The van der Waals surface area contributed by atoms with Crippen molar-refractivity contribution in [3.8, 4) is 0 Å². The van der Waals surface area contributed by atoms with Gasteiger partial charge in [0.2, 0.25) is 0 Å². The molecule has 1 aromatic heterocycles. The second-order valence-electron chi connectivity index (χ2n) is 3.54. The fourth-order valence-corrected chi connectivity index (χ4v) is 1.51. The highest BCUT2D eigenvalue weighted by molar-refractivity contribution is 5.02. The Kier molecular flexibility index (Phi) is 4.28. The van der Waals surface area contributed by atoms with Crippen molar-refractivity contribution >= 4 is 0 Å². The number of hydrogen-bond acceptors (Lipinski definition) is 3. The van der Waals surface area contributed by atoms with Gasteiger partial charge >= 0.3 is 6.18 Å². The maximum atomic E-state index is 12.3. The van der Waals surface area contributed by atoms with Crippen molar-refractivity contribution in [2.45, 2.75) is 38.5 Å². The minimum Gasteiger partial charge on any atom is -0.311 e. The molecule has 0 aliphatic carbocycles. The third-order valence-corrected chi connectivity index (χ3v) is 2.22. The van der Waals surface area contributed by atoms with E-state index in [4.69, 9.17) is 0 Å². The first-order valence-corrected chi connectivity index (χ1v) is 5.10. The Balaban J connectivity index is 2.82. The molecule has 1 atom stereocenters. The van der Waals surface area contributed by atoms with E-state index in [1.54, 1.807) is 0 Å². The largest absolute Gasteiger partial charge is 0.390 e. The Morgan fingerprint density at radius 2 is 2.19 bits per heavy atom. The highest BCUT2D eigenvalue weighted by Crippen LogP contribution is 2.28. The van der Waals surface area contributed by atoms with Gasteiger partial charge in [-0.15, -0.1) is 5.10 Å². The summed E-state index contributed by atoms with van der Waals surface area (Å²) in [6.07, 6.45) is -2.93. The van der Waals surface area contributed by atoms with Gasteiger partial charge in [-0.3, -0.25) is 0 Å². The minimum absolute atomic E-state index is 0.474. The average Bonchev–Trinajstić information content (AvgIpc) is 2.61. The molecule has 4 nitrogen and oxygen atoms in total. The van der Waals surface area contributed by atoms with Crippen LogP contribution in [0, 0.1) is 0 Å². The molecule has 1 aromatic rings. The van der Waals surface area contributed by atoms with Crippen molar-refractivity contribution in [2.75, 3.05) is 7.05 Å². The summed E-state index contributed by atoms with van der Waals surface area (Å²) in [5.74, 6) is 0. The summed E-state index contributed by atoms with van der Waals surface area (Å²) in [6.45, 7) is 2.51. The highest BCUT2D eigenvalue weighted by atomic mass is 19.4. The number of hydrogen-bond donors (Lipinski definition) is 1. The molecule has 92 valence electrons. The van der Waals surface area contributed by atoms with Crippen molar-refractivity contribution in [3.63, 3.8) is 0 Å². The number of aryl methyl sites for hydroxylation is 1. The van der Waals surface area contributed by atoms with E-state index >= 15 is 0 Å². The van der Waals surface area contributed by atoms with Gasteiger partial charge in [0, 0.05) is 6.54 Å². The molecule has 0 aromatic carbocycles. The Morgan fingerprint density at radius 1 is 1.50 bits per heavy atom. The Bertz CT molecular complexity index is 321. The third kappa shape index (κ3) is 3.48. The molecule has 1 N–H and O–H groups in total. The fourth-order valence-electron chi connectivity index (χ4n) is 1.51. The van der Waals surface area contributed by atoms with E-state index in [0.29, 0.717) is 12.2 Å². The van der Waals surface area contributed by atoms with Gasteiger partial charge in [-0.1, -0.05) is 12.1 Å². The van der Waals surface area contributed by atoms with E-state index in [1.165, 1.54) is 17.9 Å². The van der Waals surface area contributed by atoms with Gasteiger partial charge < -0.3 is 5.32 Å². The summed E-state index contributed by atoms with van der Waals surface area (Å²) < 4.78 is 38.4. The van der Waals surface area contributed by atoms with Crippen LogP contribution in [-0.4, -0.2) is 28.2 Å². The van der Waals surface area contributed by atoms with Gasteiger partial charge in [-0.2, -0.15) is 13.2 Å². The smallest absolute Gasteiger partial charge is 0.311 e. The van der Waals surface area contributed by atoms with Crippen LogP contribution in [-0.2, 0) is 6.54 Å². The van der Waals surface area contributed by atoms with Gasteiger partial charge in [0.15, 0.2) is 0 Å². The van der Waals surface area contributed by atoms with Gasteiger partial charge in [0.25, 0.3) is 0 Å². The molecule has 1 unspecified atom stereocenters. The zero-order chi connectivity index (χ0) is 12.2. The molecule has 7 heteroatoms. The lowest BCUT2D eigenvalue weighted by Crippen LogP contribution is -2.26. The maximum Gasteiger partial charge on any atom is 0.390 e. The molecule has 0 fully saturated rings. The number of nitrogens with one attached hydrogen (secondary N) is 1. The van der Waals surface area contributed by atoms with Crippen LogP contribution >= 0.6 is 0 Å². The Hall–Kier alpha value is -1.11. The second kappa shape index (κ2) is 5.29. The summed E-state index contributed by atoms with van der Waals surface area (Å²) in [5, 5.41) is 10.0. The van der Waals surface area contributed by atoms with Crippen LogP contribution < -0.4 is 5.32 Å². The summed E-state index contributed by atoms with van der Waals surface area (Å²) in [4.78, 5) is 0. The topological polar surface area (TPSA) is 42.7 Å². The van der Waals surface area contributed by atoms with Gasteiger partial charge in [0.05, 0.1) is 24.4 Å². The zero-order valence-corrected chi connectivity index (χ0v) is 9.25. The predicted octanol–water partition coefficient (Wildman–Crippen LogP) is 1.90. The van der Waals surface area contributed by atoms with E-state index in [1.807, 2.05) is 6.92 Å². The van der Waals surface area contributed by atoms with Crippen molar-refractivity contribution in [2.24, 2.45) is 0 Å². The van der Waals surface area contributed by atoms with E-state index in [2.05, 4.69) is 15.6 Å². The molecule has 0 saturated heterocycles.